The van der Waals surface area contributed by atoms with E-state index in [0.717, 1.165) is 16.2 Å². The molecule has 1 amide bonds. The molecule has 0 aliphatic heterocycles. The van der Waals surface area contributed by atoms with Gasteiger partial charge in [0.05, 0.1) is 22.9 Å². The first-order valence-electron chi connectivity index (χ1n) is 9.76. The number of hydrogen-bond acceptors (Lipinski definition) is 4. The van der Waals surface area contributed by atoms with Crippen LogP contribution >= 0.6 is 11.8 Å². The van der Waals surface area contributed by atoms with Crippen LogP contribution in [0.5, 0.6) is 0 Å². The molecule has 27 heavy (non-hydrogen) atoms. The Balaban J connectivity index is 1.78. The number of carbonyl (C=O) groups is 1. The first kappa shape index (κ1) is 19.8. The fourth-order valence-electron chi connectivity index (χ4n) is 3.57. The lowest BCUT2D eigenvalue weighted by Gasteiger charge is -2.27. The van der Waals surface area contributed by atoms with Crippen LogP contribution in [0.25, 0.3) is 11.0 Å². The summed E-state index contributed by atoms with van der Waals surface area (Å²) in [6, 6.07) is 10.9. The highest BCUT2D eigenvalue weighted by molar-refractivity contribution is 7.99. The topological polar surface area (TPSA) is 70.7 Å². The predicted octanol–water partition coefficient (Wildman–Crippen LogP) is 4.69. The van der Waals surface area contributed by atoms with Gasteiger partial charge in [-0.25, -0.2) is 4.98 Å². The highest BCUT2D eigenvalue weighted by Crippen LogP contribution is 2.35. The van der Waals surface area contributed by atoms with E-state index in [9.17, 15) is 10.1 Å². The van der Waals surface area contributed by atoms with Crippen LogP contribution in [0.4, 0.5) is 0 Å². The third-order valence-electron chi connectivity index (χ3n) is 5.62. The van der Waals surface area contributed by atoms with Crippen LogP contribution in [-0.2, 0) is 4.79 Å². The predicted molar refractivity (Wildman–Crippen MR) is 110 cm³/mol. The van der Waals surface area contributed by atoms with Crippen molar-refractivity contribution in [2.45, 2.75) is 69.6 Å². The fourth-order valence-corrected chi connectivity index (χ4v) is 4.46. The highest BCUT2D eigenvalue weighted by Gasteiger charge is 2.30. The van der Waals surface area contributed by atoms with Gasteiger partial charge in [-0.2, -0.15) is 5.26 Å². The van der Waals surface area contributed by atoms with E-state index >= 15 is 0 Å². The van der Waals surface area contributed by atoms with Gasteiger partial charge in [0.1, 0.15) is 5.54 Å². The number of nitrogens with zero attached hydrogens (tertiary/aromatic N) is 3. The number of aromatic nitrogens is 2. The normalized spacial score (nSPS) is 17.6. The van der Waals surface area contributed by atoms with Gasteiger partial charge in [-0.15, -0.1) is 0 Å². The van der Waals surface area contributed by atoms with Gasteiger partial charge in [-0.1, -0.05) is 57.0 Å². The van der Waals surface area contributed by atoms with Gasteiger partial charge in [0.2, 0.25) is 5.91 Å². The Hall–Kier alpha value is -2.00. The van der Waals surface area contributed by atoms with Crippen molar-refractivity contribution in [1.82, 2.24) is 14.9 Å². The Morgan fingerprint density at radius 1 is 1.37 bits per heavy atom. The van der Waals surface area contributed by atoms with E-state index in [2.05, 4.69) is 22.0 Å². The molecule has 1 saturated carbocycles. The Labute approximate surface area is 165 Å². The summed E-state index contributed by atoms with van der Waals surface area (Å²) in [6.45, 7) is 5.66. The van der Waals surface area contributed by atoms with E-state index in [1.165, 1.54) is 43.9 Å². The minimum absolute atomic E-state index is 0.0447. The quantitative estimate of drug-likeness (QED) is 0.734. The van der Waals surface area contributed by atoms with Gasteiger partial charge in [0, 0.05) is 6.04 Å². The van der Waals surface area contributed by atoms with E-state index in [1.807, 2.05) is 32.0 Å². The zero-order chi connectivity index (χ0) is 19.4. The molecule has 5 nitrogen and oxygen atoms in total. The molecule has 0 saturated heterocycles. The van der Waals surface area contributed by atoms with Crippen molar-refractivity contribution < 1.29 is 4.79 Å². The van der Waals surface area contributed by atoms with Gasteiger partial charge < -0.3 is 9.88 Å². The molecule has 0 radical (unpaired) electrons. The number of benzene rings is 1. The average molecular weight is 385 g/mol. The second-order valence-corrected chi connectivity index (χ2v) is 8.79. The standard InChI is InChI=1S/C21H28N4OS/c1-15(2)21(3,14-22)24-19(26)13-27-20-23-17-11-7-8-12-18(17)25(20)16-9-5-4-6-10-16/h7-8,11-12,15-16H,4-6,9-10,13H2,1-3H3,(H,24,26). The van der Waals surface area contributed by atoms with E-state index in [1.54, 1.807) is 6.92 Å². The average Bonchev–Trinajstić information content (AvgIpc) is 3.05. The molecule has 0 bridgehead atoms. The first-order chi connectivity index (χ1) is 12.9. The number of nitriles is 1. The Morgan fingerprint density at radius 2 is 2.07 bits per heavy atom. The summed E-state index contributed by atoms with van der Waals surface area (Å²) < 4.78 is 2.33. The zero-order valence-electron chi connectivity index (χ0n) is 16.4. The molecule has 3 rings (SSSR count). The van der Waals surface area contributed by atoms with Gasteiger partial charge in [0.15, 0.2) is 5.16 Å². The smallest absolute Gasteiger partial charge is 0.231 e. The SMILES string of the molecule is CC(C)C(C)(C#N)NC(=O)CSc1nc2ccccc2n1C1CCCCC1. The van der Waals surface area contributed by atoms with Crippen molar-refractivity contribution >= 4 is 28.7 Å². The summed E-state index contributed by atoms with van der Waals surface area (Å²) in [5.41, 5.74) is 1.28. The molecule has 1 atom stereocenters. The second kappa shape index (κ2) is 8.35. The van der Waals surface area contributed by atoms with Crippen molar-refractivity contribution in [3.8, 4) is 6.07 Å². The van der Waals surface area contributed by atoms with Crippen molar-refractivity contribution in [1.29, 1.82) is 5.26 Å². The Kier molecular flexibility index (Phi) is 6.11. The first-order valence-corrected chi connectivity index (χ1v) is 10.7. The molecule has 144 valence electrons. The lowest BCUT2D eigenvalue weighted by molar-refractivity contribution is -0.120. The zero-order valence-corrected chi connectivity index (χ0v) is 17.2. The maximum absolute atomic E-state index is 12.5. The Morgan fingerprint density at radius 3 is 2.74 bits per heavy atom. The molecular formula is C21H28N4OS. The monoisotopic (exact) mass is 384 g/mol. The van der Waals surface area contributed by atoms with Crippen molar-refractivity contribution in [3.63, 3.8) is 0 Å². The molecule has 2 aromatic rings. The molecule has 1 heterocycles. The van der Waals surface area contributed by atoms with Gasteiger partial charge >= 0.3 is 0 Å². The van der Waals surface area contributed by atoms with E-state index in [4.69, 9.17) is 4.98 Å². The number of hydrogen-bond donors (Lipinski definition) is 1. The molecule has 6 heteroatoms. The molecule has 1 unspecified atom stereocenters. The van der Waals surface area contributed by atoms with Crippen LogP contribution in [0.3, 0.4) is 0 Å². The minimum atomic E-state index is -0.846. The fraction of sp³-hybridized carbons (Fsp3) is 0.571. The van der Waals surface area contributed by atoms with Crippen molar-refractivity contribution in [2.24, 2.45) is 5.92 Å². The number of fused-ring (bicyclic) bond motifs is 1. The number of thioether (sulfide) groups is 1. The summed E-state index contributed by atoms with van der Waals surface area (Å²) in [5.74, 6) is 0.184. The minimum Gasteiger partial charge on any atom is -0.337 e. The van der Waals surface area contributed by atoms with Crippen LogP contribution < -0.4 is 5.32 Å². The van der Waals surface area contributed by atoms with E-state index in [-0.39, 0.29) is 17.6 Å². The summed E-state index contributed by atoms with van der Waals surface area (Å²) in [4.78, 5) is 17.3. The molecule has 1 N–H and O–H groups in total. The molecule has 1 aliphatic rings. The second-order valence-electron chi connectivity index (χ2n) is 7.85. The van der Waals surface area contributed by atoms with Gasteiger partial charge in [0.25, 0.3) is 0 Å². The lowest BCUT2D eigenvalue weighted by Crippen LogP contribution is -2.49. The summed E-state index contributed by atoms with van der Waals surface area (Å²) in [7, 11) is 0. The molecule has 1 fully saturated rings. The van der Waals surface area contributed by atoms with Crippen LogP contribution in [0.1, 0.15) is 58.9 Å². The van der Waals surface area contributed by atoms with Crippen LogP contribution in [0, 0.1) is 17.2 Å². The third kappa shape index (κ3) is 4.30. The van der Waals surface area contributed by atoms with E-state index < -0.39 is 5.54 Å². The molecule has 0 spiro atoms. The summed E-state index contributed by atoms with van der Waals surface area (Å²) >= 11 is 1.47. The number of carbonyl (C=O) groups excluding carboxylic acids is 1. The summed E-state index contributed by atoms with van der Waals surface area (Å²) in [5, 5.41) is 13.2. The van der Waals surface area contributed by atoms with Crippen molar-refractivity contribution in [3.05, 3.63) is 24.3 Å². The van der Waals surface area contributed by atoms with Gasteiger partial charge in [-0.05, 0) is 37.8 Å². The van der Waals surface area contributed by atoms with E-state index in [0.29, 0.717) is 6.04 Å². The summed E-state index contributed by atoms with van der Waals surface area (Å²) in [6.07, 6.45) is 6.13. The lowest BCUT2D eigenvalue weighted by atomic mass is 9.90. The number of amides is 1. The third-order valence-corrected chi connectivity index (χ3v) is 6.57. The molecule has 1 aromatic heterocycles. The number of rotatable bonds is 6. The van der Waals surface area contributed by atoms with Crippen LogP contribution in [-0.4, -0.2) is 26.8 Å². The van der Waals surface area contributed by atoms with Crippen molar-refractivity contribution in [2.75, 3.05) is 5.75 Å². The Bertz CT molecular complexity index is 847. The number of nitrogens with one attached hydrogen (secondary N) is 1. The largest absolute Gasteiger partial charge is 0.337 e. The maximum Gasteiger partial charge on any atom is 0.231 e. The highest BCUT2D eigenvalue weighted by atomic mass is 32.2. The molecule has 1 aliphatic carbocycles. The van der Waals surface area contributed by atoms with Crippen LogP contribution in [0.15, 0.2) is 29.4 Å². The maximum atomic E-state index is 12.5. The number of para-hydroxylation sites is 2. The molecular weight excluding hydrogens is 356 g/mol. The number of imidazole rings is 1. The molecule has 1 aromatic carbocycles. The van der Waals surface area contributed by atoms with Gasteiger partial charge in [-0.3, -0.25) is 4.79 Å². The van der Waals surface area contributed by atoms with Crippen LogP contribution in [0.2, 0.25) is 0 Å².